The van der Waals surface area contributed by atoms with Crippen LogP contribution < -0.4 is 9.47 Å². The molecule has 0 fully saturated rings. The first-order valence-corrected chi connectivity index (χ1v) is 16.5. The topological polar surface area (TPSA) is 76.7 Å². The highest BCUT2D eigenvalue weighted by atomic mass is 16.5. The van der Waals surface area contributed by atoms with Crippen molar-refractivity contribution in [2.24, 2.45) is 7.05 Å². The van der Waals surface area contributed by atoms with Crippen molar-refractivity contribution in [2.45, 2.75) is 39.5 Å². The van der Waals surface area contributed by atoms with Gasteiger partial charge in [-0.2, -0.15) is 5.10 Å². The van der Waals surface area contributed by atoms with Gasteiger partial charge in [0.1, 0.15) is 29.5 Å². The van der Waals surface area contributed by atoms with E-state index in [1.807, 2.05) is 79.3 Å². The molecule has 8 nitrogen and oxygen atoms in total. The van der Waals surface area contributed by atoms with Crippen molar-refractivity contribution in [1.82, 2.24) is 14.3 Å². The third-order valence-corrected chi connectivity index (χ3v) is 8.77. The molecule has 0 bridgehead atoms. The van der Waals surface area contributed by atoms with Gasteiger partial charge in [-0.25, -0.2) is 4.79 Å². The first kappa shape index (κ1) is 31.3. The van der Waals surface area contributed by atoms with E-state index in [-0.39, 0.29) is 19.2 Å². The molecule has 3 heterocycles. The quantitative estimate of drug-likeness (QED) is 0.0856. The molecule has 0 spiro atoms. The minimum Gasteiger partial charge on any atom is -0.493 e. The molecule has 1 aliphatic heterocycles. The zero-order valence-electron chi connectivity index (χ0n) is 27.4. The molecule has 6 aromatic rings. The summed E-state index contributed by atoms with van der Waals surface area (Å²) < 4.78 is 28.3. The van der Waals surface area contributed by atoms with E-state index in [0.29, 0.717) is 38.5 Å². The van der Waals surface area contributed by atoms with Gasteiger partial charge in [0, 0.05) is 35.5 Å². The Kier molecular flexibility index (Phi) is 9.25. The maximum absolute atomic E-state index is 13.8. The average molecular weight is 642 g/mol. The molecular formula is C40H39N3O5. The predicted molar refractivity (Wildman–Crippen MR) is 187 cm³/mol. The Morgan fingerprint density at radius 1 is 0.896 bits per heavy atom. The number of aryl methyl sites for hydroxylation is 2. The summed E-state index contributed by atoms with van der Waals surface area (Å²) in [7, 11) is 1.94. The monoisotopic (exact) mass is 641 g/mol. The third kappa shape index (κ3) is 6.19. The molecule has 0 aliphatic carbocycles. The molecule has 0 N–H and O–H groups in total. The molecule has 0 amide bonds. The lowest BCUT2D eigenvalue weighted by molar-refractivity contribution is 0.0513. The van der Waals surface area contributed by atoms with Crippen molar-refractivity contribution in [3.05, 3.63) is 126 Å². The molecule has 0 saturated carbocycles. The number of ether oxygens (including phenoxy) is 4. The van der Waals surface area contributed by atoms with Crippen molar-refractivity contribution in [3.63, 3.8) is 0 Å². The van der Waals surface area contributed by atoms with E-state index in [4.69, 9.17) is 24.0 Å². The Balaban J connectivity index is 1.30. The number of rotatable bonds is 10. The fourth-order valence-corrected chi connectivity index (χ4v) is 6.64. The van der Waals surface area contributed by atoms with Gasteiger partial charge < -0.3 is 23.5 Å². The highest BCUT2D eigenvalue weighted by Crippen LogP contribution is 2.39. The lowest BCUT2D eigenvalue weighted by Gasteiger charge is -2.13. The second-order valence-corrected chi connectivity index (χ2v) is 11.8. The molecule has 48 heavy (non-hydrogen) atoms. The number of carbonyl (C=O) groups excluding carboxylic acids is 1. The predicted octanol–water partition coefficient (Wildman–Crippen LogP) is 8.05. The van der Waals surface area contributed by atoms with E-state index in [2.05, 4.69) is 47.0 Å². The van der Waals surface area contributed by atoms with Crippen LogP contribution in [-0.2, 0) is 42.7 Å². The zero-order valence-corrected chi connectivity index (χ0v) is 27.4. The van der Waals surface area contributed by atoms with Gasteiger partial charge in [-0.1, -0.05) is 84.9 Å². The highest BCUT2D eigenvalue weighted by molar-refractivity contribution is 6.05. The number of para-hydroxylation sites is 2. The average Bonchev–Trinajstić information content (AvgIpc) is 3.59. The number of hydrogen-bond donors (Lipinski definition) is 0. The van der Waals surface area contributed by atoms with Crippen LogP contribution in [0.3, 0.4) is 0 Å². The third-order valence-electron chi connectivity index (χ3n) is 8.77. The van der Waals surface area contributed by atoms with Crippen LogP contribution in [0.15, 0.2) is 103 Å². The van der Waals surface area contributed by atoms with Crippen molar-refractivity contribution < 1.29 is 23.7 Å². The van der Waals surface area contributed by atoms with Crippen LogP contribution in [0.2, 0.25) is 0 Å². The standard InChI is InChI=1S/C40H39N3O5/c1-3-46-40(44)39-32(21-13-25-47-36-22-11-15-28-14-7-8-18-30(28)36)31-19-12-20-33-37-34(26-48-29-16-5-4-6-17-29)41-42(2)35(37)27-45-24-10-9-23-43(39)38(31)33/h4-12,14-20,22H,3,13,21,23-27H2,1-2H3/b10-9-. The maximum Gasteiger partial charge on any atom is 0.355 e. The van der Waals surface area contributed by atoms with Gasteiger partial charge in [0.05, 0.1) is 37.6 Å². The van der Waals surface area contributed by atoms with Crippen LogP contribution in [0.4, 0.5) is 0 Å². The van der Waals surface area contributed by atoms with Gasteiger partial charge in [0.25, 0.3) is 0 Å². The number of carbonyl (C=O) groups is 1. The van der Waals surface area contributed by atoms with Gasteiger partial charge >= 0.3 is 5.97 Å². The molecular weight excluding hydrogens is 602 g/mol. The molecule has 1 aliphatic rings. The smallest absolute Gasteiger partial charge is 0.355 e. The number of fused-ring (bicyclic) bond motifs is 3. The van der Waals surface area contributed by atoms with E-state index >= 15 is 0 Å². The van der Waals surface area contributed by atoms with Crippen molar-refractivity contribution in [3.8, 4) is 22.6 Å². The van der Waals surface area contributed by atoms with Crippen LogP contribution in [0.5, 0.6) is 11.5 Å². The van der Waals surface area contributed by atoms with Crippen LogP contribution in [0.25, 0.3) is 32.8 Å². The normalized spacial score (nSPS) is 13.5. The summed E-state index contributed by atoms with van der Waals surface area (Å²) in [6, 6.07) is 30.4. The van der Waals surface area contributed by atoms with E-state index < -0.39 is 0 Å². The summed E-state index contributed by atoms with van der Waals surface area (Å²) >= 11 is 0. The summed E-state index contributed by atoms with van der Waals surface area (Å²) in [5.74, 6) is 1.30. The molecule has 244 valence electrons. The molecule has 4 aromatic carbocycles. The highest BCUT2D eigenvalue weighted by Gasteiger charge is 2.28. The minimum atomic E-state index is -0.330. The summed E-state index contributed by atoms with van der Waals surface area (Å²) in [4.78, 5) is 13.8. The number of hydrogen-bond acceptors (Lipinski definition) is 6. The van der Waals surface area contributed by atoms with E-state index in [1.54, 1.807) is 0 Å². The molecule has 2 aromatic heterocycles. The van der Waals surface area contributed by atoms with Gasteiger partial charge in [0.2, 0.25) is 0 Å². The number of benzene rings is 4. The Bertz CT molecular complexity index is 2090. The Hall–Kier alpha value is -5.34. The summed E-state index contributed by atoms with van der Waals surface area (Å²) in [6.07, 6.45) is 5.42. The zero-order chi connectivity index (χ0) is 32.9. The second kappa shape index (κ2) is 14.2. The lowest BCUT2D eigenvalue weighted by Crippen LogP contribution is -2.14. The van der Waals surface area contributed by atoms with Crippen molar-refractivity contribution >= 4 is 27.6 Å². The fraction of sp³-hybridized carbons (Fsp3) is 0.250. The van der Waals surface area contributed by atoms with Crippen molar-refractivity contribution in [1.29, 1.82) is 0 Å². The van der Waals surface area contributed by atoms with Crippen LogP contribution in [-0.4, -0.2) is 40.1 Å². The SMILES string of the molecule is CCOC(=O)c1c(CCCOc2cccc3ccccc23)c2cccc3c2n1C/C=C\COCc1c-3c(COc2ccccc2)nn1C. The van der Waals surface area contributed by atoms with Gasteiger partial charge in [-0.15, -0.1) is 0 Å². The Labute approximate surface area is 280 Å². The van der Waals surface area contributed by atoms with Crippen LogP contribution in [0, 0.1) is 0 Å². The number of aromatic nitrogens is 3. The molecule has 8 heteroatoms. The molecule has 7 rings (SSSR count). The van der Waals surface area contributed by atoms with Crippen LogP contribution in [0.1, 0.15) is 40.8 Å². The minimum absolute atomic E-state index is 0.283. The largest absolute Gasteiger partial charge is 0.493 e. The van der Waals surface area contributed by atoms with Gasteiger partial charge in [-0.05, 0) is 48.9 Å². The van der Waals surface area contributed by atoms with Gasteiger partial charge in [-0.3, -0.25) is 4.68 Å². The van der Waals surface area contributed by atoms with Crippen molar-refractivity contribution in [2.75, 3.05) is 19.8 Å². The second-order valence-electron chi connectivity index (χ2n) is 11.8. The van der Waals surface area contributed by atoms with E-state index in [0.717, 1.165) is 67.7 Å². The molecule has 0 radical (unpaired) electrons. The number of nitrogens with zero attached hydrogens (tertiary/aromatic N) is 3. The summed E-state index contributed by atoms with van der Waals surface area (Å²) in [5.41, 5.74) is 6.18. The molecule has 0 unspecified atom stereocenters. The van der Waals surface area contributed by atoms with E-state index in [9.17, 15) is 4.79 Å². The maximum atomic E-state index is 13.8. The van der Waals surface area contributed by atoms with Gasteiger partial charge in [0.15, 0.2) is 0 Å². The number of esters is 1. The fourth-order valence-electron chi connectivity index (χ4n) is 6.64. The number of allylic oxidation sites excluding steroid dienone is 1. The first-order valence-electron chi connectivity index (χ1n) is 16.5. The lowest BCUT2D eigenvalue weighted by atomic mass is 9.98. The summed E-state index contributed by atoms with van der Waals surface area (Å²) in [5, 5.41) is 8.16. The summed E-state index contributed by atoms with van der Waals surface area (Å²) in [6.45, 7) is 4.23. The first-order chi connectivity index (χ1) is 23.6. The Morgan fingerprint density at radius 2 is 1.69 bits per heavy atom. The molecule has 0 atom stereocenters. The van der Waals surface area contributed by atoms with E-state index in [1.165, 1.54) is 0 Å². The van der Waals surface area contributed by atoms with Crippen LogP contribution >= 0.6 is 0 Å². The Morgan fingerprint density at radius 3 is 2.56 bits per heavy atom. The molecule has 0 saturated heterocycles.